The van der Waals surface area contributed by atoms with Gasteiger partial charge in [-0.05, 0) is 23.6 Å². The molecule has 0 aromatic heterocycles. The quantitative estimate of drug-likeness (QED) is 0.887. The minimum atomic E-state index is -1.13. The molecule has 0 bridgehead atoms. The number of carbonyl (C=O) groups is 2. The second-order valence-corrected chi connectivity index (χ2v) is 5.46. The molecule has 0 unspecified atom stereocenters. The van der Waals surface area contributed by atoms with E-state index in [0.717, 1.165) is 6.07 Å². The third-order valence-electron chi connectivity index (χ3n) is 2.80. The van der Waals surface area contributed by atoms with E-state index in [-0.39, 0.29) is 11.3 Å². The molecular weight excluding hydrogens is 265 g/mol. The number of nitrogens with one attached hydrogen (secondary N) is 1. The van der Waals surface area contributed by atoms with Crippen molar-refractivity contribution < 1.29 is 23.8 Å². The Balaban J connectivity index is 2.98. The van der Waals surface area contributed by atoms with Crippen molar-refractivity contribution in [1.82, 2.24) is 5.32 Å². The summed E-state index contributed by atoms with van der Waals surface area (Å²) in [6, 6.07) is 2.55. The molecule has 20 heavy (non-hydrogen) atoms. The fourth-order valence-electron chi connectivity index (χ4n) is 1.66. The molecule has 1 atom stereocenters. The first-order chi connectivity index (χ1) is 9.16. The van der Waals surface area contributed by atoms with Crippen LogP contribution in [0.3, 0.4) is 0 Å². The monoisotopic (exact) mass is 283 g/mol. The molecule has 0 fully saturated rings. The molecule has 0 radical (unpaired) electrons. The lowest BCUT2D eigenvalue weighted by Gasteiger charge is -2.27. The summed E-state index contributed by atoms with van der Waals surface area (Å²) in [6.07, 6.45) is 0. The lowest BCUT2D eigenvalue weighted by Crippen LogP contribution is -2.49. The second-order valence-electron chi connectivity index (χ2n) is 5.46. The fourth-order valence-corrected chi connectivity index (χ4v) is 1.66. The Hall–Kier alpha value is -2.11. The van der Waals surface area contributed by atoms with Gasteiger partial charge in [0.1, 0.15) is 6.04 Å². The Morgan fingerprint density at radius 2 is 1.95 bits per heavy atom. The highest BCUT2D eigenvalue weighted by Crippen LogP contribution is 2.21. The number of rotatable bonds is 4. The lowest BCUT2D eigenvalue weighted by molar-refractivity contribution is -0.142. The standard InChI is InChI=1S/C14H18FNO4/c1-14(2,3)11(13(18)19)16-12(17)8-5-6-9(15)10(7-8)20-4/h5-7,11H,1-4H3,(H,16,17)(H,18,19)/t11-/m1/s1. The van der Waals surface area contributed by atoms with E-state index >= 15 is 0 Å². The van der Waals surface area contributed by atoms with Crippen molar-refractivity contribution in [2.24, 2.45) is 5.41 Å². The van der Waals surface area contributed by atoms with Gasteiger partial charge < -0.3 is 15.2 Å². The number of benzene rings is 1. The van der Waals surface area contributed by atoms with Crippen LogP contribution in [0.2, 0.25) is 0 Å². The van der Waals surface area contributed by atoms with Gasteiger partial charge in [-0.2, -0.15) is 0 Å². The fraction of sp³-hybridized carbons (Fsp3) is 0.429. The molecule has 0 aliphatic heterocycles. The highest BCUT2D eigenvalue weighted by atomic mass is 19.1. The van der Waals surface area contributed by atoms with Crippen LogP contribution >= 0.6 is 0 Å². The molecule has 0 heterocycles. The Morgan fingerprint density at radius 1 is 1.35 bits per heavy atom. The molecule has 1 rings (SSSR count). The van der Waals surface area contributed by atoms with Crippen LogP contribution in [-0.2, 0) is 4.79 Å². The molecule has 0 aliphatic carbocycles. The minimum Gasteiger partial charge on any atom is -0.494 e. The van der Waals surface area contributed by atoms with Gasteiger partial charge in [0.2, 0.25) is 0 Å². The topological polar surface area (TPSA) is 75.6 Å². The Kier molecular flexibility index (Phi) is 4.70. The van der Waals surface area contributed by atoms with E-state index in [1.165, 1.54) is 19.2 Å². The maximum absolute atomic E-state index is 13.3. The normalized spacial score (nSPS) is 12.7. The van der Waals surface area contributed by atoms with Gasteiger partial charge in [0.15, 0.2) is 11.6 Å². The van der Waals surface area contributed by atoms with E-state index in [2.05, 4.69) is 5.32 Å². The maximum atomic E-state index is 13.3. The molecule has 5 nitrogen and oxygen atoms in total. The number of aliphatic carboxylic acids is 1. The third-order valence-corrected chi connectivity index (χ3v) is 2.80. The van der Waals surface area contributed by atoms with Gasteiger partial charge in [-0.3, -0.25) is 4.79 Å². The van der Waals surface area contributed by atoms with Crippen molar-refractivity contribution in [3.8, 4) is 5.75 Å². The molecule has 0 aliphatic rings. The number of hydrogen-bond acceptors (Lipinski definition) is 3. The van der Waals surface area contributed by atoms with E-state index in [9.17, 15) is 14.0 Å². The summed E-state index contributed by atoms with van der Waals surface area (Å²) in [5.41, 5.74) is -0.509. The molecule has 2 N–H and O–H groups in total. The maximum Gasteiger partial charge on any atom is 0.326 e. The van der Waals surface area contributed by atoms with Gasteiger partial charge in [0.05, 0.1) is 7.11 Å². The van der Waals surface area contributed by atoms with Crippen LogP contribution < -0.4 is 10.1 Å². The van der Waals surface area contributed by atoms with Crippen LogP contribution in [0.5, 0.6) is 5.75 Å². The van der Waals surface area contributed by atoms with Crippen LogP contribution in [0.4, 0.5) is 4.39 Å². The number of carbonyl (C=O) groups excluding carboxylic acids is 1. The summed E-state index contributed by atoms with van der Waals surface area (Å²) >= 11 is 0. The van der Waals surface area contributed by atoms with E-state index in [1.54, 1.807) is 20.8 Å². The largest absolute Gasteiger partial charge is 0.494 e. The number of ether oxygens (including phenoxy) is 1. The molecule has 110 valence electrons. The Labute approximate surface area is 116 Å². The van der Waals surface area contributed by atoms with Crippen LogP contribution in [0, 0.1) is 11.2 Å². The summed E-state index contributed by atoms with van der Waals surface area (Å²) < 4.78 is 18.0. The Bertz CT molecular complexity index is 522. The zero-order valence-corrected chi connectivity index (χ0v) is 11.9. The predicted octanol–water partition coefficient (Wildman–Crippen LogP) is 2.06. The molecule has 1 aromatic rings. The number of hydrogen-bond donors (Lipinski definition) is 2. The first-order valence-electron chi connectivity index (χ1n) is 6.04. The van der Waals surface area contributed by atoms with Crippen molar-refractivity contribution in [1.29, 1.82) is 0 Å². The first kappa shape index (κ1) is 15.9. The number of methoxy groups -OCH3 is 1. The summed E-state index contributed by atoms with van der Waals surface area (Å²) in [5, 5.41) is 11.6. The zero-order chi connectivity index (χ0) is 15.5. The van der Waals surface area contributed by atoms with Crippen molar-refractivity contribution >= 4 is 11.9 Å². The van der Waals surface area contributed by atoms with Crippen LogP contribution in [0.1, 0.15) is 31.1 Å². The lowest BCUT2D eigenvalue weighted by atomic mass is 9.86. The van der Waals surface area contributed by atoms with E-state index < -0.39 is 29.2 Å². The summed E-state index contributed by atoms with van der Waals surface area (Å²) in [4.78, 5) is 23.2. The molecule has 0 saturated heterocycles. The minimum absolute atomic E-state index is 0.0692. The summed E-state index contributed by atoms with van der Waals surface area (Å²) in [5.74, 6) is -2.37. The predicted molar refractivity (Wildman–Crippen MR) is 71.3 cm³/mol. The summed E-state index contributed by atoms with van der Waals surface area (Å²) in [6.45, 7) is 5.12. The third kappa shape index (κ3) is 3.69. The molecule has 0 spiro atoms. The van der Waals surface area contributed by atoms with Gasteiger partial charge in [-0.25, -0.2) is 9.18 Å². The van der Waals surface area contributed by atoms with Crippen molar-refractivity contribution in [2.75, 3.05) is 7.11 Å². The van der Waals surface area contributed by atoms with Crippen molar-refractivity contribution in [2.45, 2.75) is 26.8 Å². The smallest absolute Gasteiger partial charge is 0.326 e. The average Bonchev–Trinajstić information content (AvgIpc) is 2.34. The van der Waals surface area contributed by atoms with E-state index in [4.69, 9.17) is 9.84 Å². The second kappa shape index (κ2) is 5.90. The van der Waals surface area contributed by atoms with Gasteiger partial charge >= 0.3 is 5.97 Å². The van der Waals surface area contributed by atoms with Crippen LogP contribution in [-0.4, -0.2) is 30.1 Å². The van der Waals surface area contributed by atoms with Gasteiger partial charge in [-0.15, -0.1) is 0 Å². The highest BCUT2D eigenvalue weighted by Gasteiger charge is 2.32. The number of carboxylic acid groups (broad SMARTS) is 1. The average molecular weight is 283 g/mol. The van der Waals surface area contributed by atoms with Crippen molar-refractivity contribution in [3.05, 3.63) is 29.6 Å². The molecule has 0 saturated carbocycles. The SMILES string of the molecule is COc1cc(C(=O)N[C@H](C(=O)O)C(C)(C)C)ccc1F. The number of halogens is 1. The molecule has 1 amide bonds. The number of amides is 1. The highest BCUT2D eigenvalue weighted by molar-refractivity contribution is 5.97. The van der Waals surface area contributed by atoms with Gasteiger partial charge in [-0.1, -0.05) is 20.8 Å². The number of carboxylic acids is 1. The van der Waals surface area contributed by atoms with E-state index in [1.807, 2.05) is 0 Å². The van der Waals surface area contributed by atoms with Crippen LogP contribution in [0.25, 0.3) is 0 Å². The zero-order valence-electron chi connectivity index (χ0n) is 11.9. The molecule has 6 heteroatoms. The molecular formula is C14H18FNO4. The van der Waals surface area contributed by atoms with Crippen molar-refractivity contribution in [3.63, 3.8) is 0 Å². The van der Waals surface area contributed by atoms with Gasteiger partial charge in [0, 0.05) is 5.56 Å². The van der Waals surface area contributed by atoms with Gasteiger partial charge in [0.25, 0.3) is 5.91 Å². The molecule has 1 aromatic carbocycles. The van der Waals surface area contributed by atoms with E-state index in [0.29, 0.717) is 0 Å². The van der Waals surface area contributed by atoms with Crippen LogP contribution in [0.15, 0.2) is 18.2 Å². The summed E-state index contributed by atoms with van der Waals surface area (Å²) in [7, 11) is 1.29. The first-order valence-corrected chi connectivity index (χ1v) is 6.04. The Morgan fingerprint density at radius 3 is 2.40 bits per heavy atom.